The minimum atomic E-state index is -4.46. The van der Waals surface area contributed by atoms with Gasteiger partial charge in [0.25, 0.3) is 5.91 Å². The molecule has 0 radical (unpaired) electrons. The number of hydrogen-bond donors (Lipinski definition) is 1. The molecule has 0 aliphatic heterocycles. The van der Waals surface area contributed by atoms with Gasteiger partial charge in [-0.25, -0.2) is 0 Å². The van der Waals surface area contributed by atoms with Crippen LogP contribution in [-0.2, 0) is 11.0 Å². The van der Waals surface area contributed by atoms with Crippen molar-refractivity contribution in [2.24, 2.45) is 0 Å². The molecule has 0 atom stereocenters. The standard InChI is InChI=1S/C16H12Br2F3NO2/c1-9-5-12(17)15(13(18)6-9)22-14(23)8-24-11-4-2-3-10(7-11)16(19,20)21/h2-7H,8H2,1H3,(H,22,23). The number of halogens is 5. The van der Waals surface area contributed by atoms with Crippen LogP contribution < -0.4 is 10.1 Å². The summed E-state index contributed by atoms with van der Waals surface area (Å²) >= 11 is 6.69. The molecule has 0 saturated heterocycles. The summed E-state index contributed by atoms with van der Waals surface area (Å²) in [4.78, 5) is 12.0. The molecule has 1 amide bonds. The maximum atomic E-state index is 12.6. The highest BCUT2D eigenvalue weighted by molar-refractivity contribution is 9.11. The second-order valence-electron chi connectivity index (χ2n) is 4.97. The number of hydrogen-bond acceptors (Lipinski definition) is 2. The monoisotopic (exact) mass is 465 g/mol. The molecule has 0 spiro atoms. The normalized spacial score (nSPS) is 11.2. The fourth-order valence-electron chi connectivity index (χ4n) is 1.91. The maximum Gasteiger partial charge on any atom is 0.416 e. The van der Waals surface area contributed by atoms with Gasteiger partial charge in [-0.05, 0) is 74.7 Å². The van der Waals surface area contributed by atoms with Crippen molar-refractivity contribution in [2.45, 2.75) is 13.1 Å². The Kier molecular flexibility index (Phi) is 5.92. The average Bonchev–Trinajstić information content (AvgIpc) is 2.48. The van der Waals surface area contributed by atoms with Crippen LogP contribution >= 0.6 is 31.9 Å². The number of rotatable bonds is 4. The number of alkyl halides is 3. The van der Waals surface area contributed by atoms with Gasteiger partial charge < -0.3 is 10.1 Å². The first-order chi connectivity index (χ1) is 11.2. The minimum absolute atomic E-state index is 0.0259. The van der Waals surface area contributed by atoms with Crippen LogP contribution in [0.1, 0.15) is 11.1 Å². The van der Waals surface area contributed by atoms with E-state index in [1.807, 2.05) is 19.1 Å². The SMILES string of the molecule is Cc1cc(Br)c(NC(=O)COc2cccc(C(F)(F)F)c2)c(Br)c1. The van der Waals surface area contributed by atoms with Crippen LogP contribution in [0.15, 0.2) is 45.3 Å². The third kappa shape index (κ3) is 4.98. The Bertz CT molecular complexity index is 740. The molecule has 0 aliphatic carbocycles. The molecule has 24 heavy (non-hydrogen) atoms. The number of nitrogens with one attached hydrogen (secondary N) is 1. The summed E-state index contributed by atoms with van der Waals surface area (Å²) in [5.74, 6) is -0.514. The highest BCUT2D eigenvalue weighted by atomic mass is 79.9. The third-order valence-corrected chi connectivity index (χ3v) is 4.23. The maximum absolute atomic E-state index is 12.6. The zero-order chi connectivity index (χ0) is 17.9. The van der Waals surface area contributed by atoms with Crippen molar-refractivity contribution in [1.82, 2.24) is 0 Å². The van der Waals surface area contributed by atoms with E-state index in [4.69, 9.17) is 4.74 Å². The Balaban J connectivity index is 2.02. The molecule has 1 N–H and O–H groups in total. The van der Waals surface area contributed by atoms with Crippen LogP contribution in [0.5, 0.6) is 5.75 Å². The molecule has 2 rings (SSSR count). The molecule has 0 fully saturated rings. The van der Waals surface area contributed by atoms with Crippen molar-refractivity contribution in [2.75, 3.05) is 11.9 Å². The smallest absolute Gasteiger partial charge is 0.416 e. The zero-order valence-electron chi connectivity index (χ0n) is 12.4. The van der Waals surface area contributed by atoms with E-state index in [0.29, 0.717) is 14.6 Å². The number of amides is 1. The molecule has 0 aromatic heterocycles. The summed E-state index contributed by atoms with van der Waals surface area (Å²) in [6.07, 6.45) is -4.46. The van der Waals surface area contributed by atoms with E-state index < -0.39 is 24.3 Å². The third-order valence-electron chi connectivity index (χ3n) is 2.98. The largest absolute Gasteiger partial charge is 0.484 e. The van der Waals surface area contributed by atoms with Gasteiger partial charge in [0.05, 0.1) is 11.3 Å². The number of anilines is 1. The highest BCUT2D eigenvalue weighted by Gasteiger charge is 2.30. The number of carbonyl (C=O) groups is 1. The lowest BCUT2D eigenvalue weighted by atomic mass is 10.2. The van der Waals surface area contributed by atoms with Crippen LogP contribution in [0.2, 0.25) is 0 Å². The molecular formula is C16H12Br2F3NO2. The predicted molar refractivity (Wildman–Crippen MR) is 92.1 cm³/mol. The molecule has 0 heterocycles. The fourth-order valence-corrected chi connectivity index (χ4v) is 3.52. The molecule has 0 aliphatic rings. The summed E-state index contributed by atoms with van der Waals surface area (Å²) in [5, 5.41) is 2.64. The van der Waals surface area contributed by atoms with Gasteiger partial charge in [-0.3, -0.25) is 4.79 Å². The van der Waals surface area contributed by atoms with Crippen LogP contribution in [0.3, 0.4) is 0 Å². The molecule has 0 saturated carbocycles. The Hall–Kier alpha value is -1.54. The van der Waals surface area contributed by atoms with Crippen molar-refractivity contribution in [1.29, 1.82) is 0 Å². The number of ether oxygens (including phenoxy) is 1. The van der Waals surface area contributed by atoms with Crippen molar-refractivity contribution >= 4 is 43.5 Å². The van der Waals surface area contributed by atoms with Gasteiger partial charge in [0.1, 0.15) is 5.75 Å². The second kappa shape index (κ2) is 7.57. The van der Waals surface area contributed by atoms with Crippen molar-refractivity contribution in [3.05, 3.63) is 56.5 Å². The van der Waals surface area contributed by atoms with Crippen molar-refractivity contribution in [3.8, 4) is 5.75 Å². The van der Waals surface area contributed by atoms with E-state index in [2.05, 4.69) is 37.2 Å². The minimum Gasteiger partial charge on any atom is -0.484 e. The van der Waals surface area contributed by atoms with E-state index in [-0.39, 0.29) is 5.75 Å². The van der Waals surface area contributed by atoms with Gasteiger partial charge in [0.2, 0.25) is 0 Å². The van der Waals surface area contributed by atoms with Crippen LogP contribution in [-0.4, -0.2) is 12.5 Å². The summed E-state index contributed by atoms with van der Waals surface area (Å²) < 4.78 is 44.4. The molecule has 2 aromatic carbocycles. The summed E-state index contributed by atoms with van der Waals surface area (Å²) in [7, 11) is 0. The molecular weight excluding hydrogens is 455 g/mol. The number of aryl methyl sites for hydroxylation is 1. The molecule has 128 valence electrons. The van der Waals surface area contributed by atoms with E-state index in [1.54, 1.807) is 0 Å². The van der Waals surface area contributed by atoms with Gasteiger partial charge in [0, 0.05) is 8.95 Å². The van der Waals surface area contributed by atoms with Gasteiger partial charge >= 0.3 is 6.18 Å². The molecule has 3 nitrogen and oxygen atoms in total. The molecule has 8 heteroatoms. The van der Waals surface area contributed by atoms with Crippen LogP contribution in [0.25, 0.3) is 0 Å². The Morgan fingerprint density at radius 3 is 2.38 bits per heavy atom. The van der Waals surface area contributed by atoms with Crippen molar-refractivity contribution in [3.63, 3.8) is 0 Å². The van der Waals surface area contributed by atoms with E-state index >= 15 is 0 Å². The van der Waals surface area contributed by atoms with Gasteiger partial charge in [-0.2, -0.15) is 13.2 Å². The Morgan fingerprint density at radius 1 is 1.17 bits per heavy atom. The van der Waals surface area contributed by atoms with E-state index in [0.717, 1.165) is 17.7 Å². The Morgan fingerprint density at radius 2 is 1.79 bits per heavy atom. The summed E-state index contributed by atoms with van der Waals surface area (Å²) in [6, 6.07) is 8.03. The van der Waals surface area contributed by atoms with Gasteiger partial charge in [0.15, 0.2) is 6.61 Å². The molecule has 2 aromatic rings. The zero-order valence-corrected chi connectivity index (χ0v) is 15.5. The second-order valence-corrected chi connectivity index (χ2v) is 6.67. The predicted octanol–water partition coefficient (Wildman–Crippen LogP) is 5.56. The van der Waals surface area contributed by atoms with Crippen molar-refractivity contribution < 1.29 is 22.7 Å². The molecule has 0 bridgehead atoms. The quantitative estimate of drug-likeness (QED) is 0.640. The summed E-state index contributed by atoms with van der Waals surface area (Å²) in [6.45, 7) is 1.49. The Labute approximate surface area is 153 Å². The highest BCUT2D eigenvalue weighted by Crippen LogP contribution is 2.33. The first-order valence-electron chi connectivity index (χ1n) is 6.72. The average molecular weight is 467 g/mol. The lowest BCUT2D eigenvalue weighted by Crippen LogP contribution is -2.20. The molecule has 0 unspecified atom stereocenters. The lowest BCUT2D eigenvalue weighted by Gasteiger charge is -2.12. The fraction of sp³-hybridized carbons (Fsp3) is 0.188. The number of benzene rings is 2. The lowest BCUT2D eigenvalue weighted by molar-refractivity contribution is -0.137. The van der Waals surface area contributed by atoms with E-state index in [1.165, 1.54) is 12.1 Å². The van der Waals surface area contributed by atoms with Gasteiger partial charge in [-0.15, -0.1) is 0 Å². The van der Waals surface area contributed by atoms with Crippen LogP contribution in [0, 0.1) is 6.92 Å². The summed E-state index contributed by atoms with van der Waals surface area (Å²) in [5.41, 5.74) is 0.689. The van der Waals surface area contributed by atoms with E-state index in [9.17, 15) is 18.0 Å². The first-order valence-corrected chi connectivity index (χ1v) is 8.31. The number of carbonyl (C=O) groups excluding carboxylic acids is 1. The topological polar surface area (TPSA) is 38.3 Å². The van der Waals surface area contributed by atoms with Crippen LogP contribution in [0.4, 0.5) is 18.9 Å². The van der Waals surface area contributed by atoms with Gasteiger partial charge in [-0.1, -0.05) is 6.07 Å². The first kappa shape index (κ1) is 18.8.